The molecule has 2 atom stereocenters. The Hall–Kier alpha value is -1.89. The minimum atomic E-state index is 0.163. The first-order valence-corrected chi connectivity index (χ1v) is 8.86. The van der Waals surface area contributed by atoms with E-state index in [4.69, 9.17) is 0 Å². The van der Waals surface area contributed by atoms with Gasteiger partial charge in [0.2, 0.25) is 11.1 Å². The van der Waals surface area contributed by atoms with E-state index in [1.165, 1.54) is 18.2 Å². The molecule has 0 N–H and O–H groups in total. The van der Waals surface area contributed by atoms with Gasteiger partial charge in [0.25, 0.3) is 0 Å². The zero-order chi connectivity index (χ0) is 16.2. The van der Waals surface area contributed by atoms with Crippen molar-refractivity contribution in [2.24, 2.45) is 11.8 Å². The van der Waals surface area contributed by atoms with E-state index < -0.39 is 0 Å². The monoisotopic (exact) mass is 331 g/mol. The zero-order valence-electron chi connectivity index (χ0n) is 13.4. The first kappa shape index (κ1) is 16.0. The predicted molar refractivity (Wildman–Crippen MR) is 89.4 cm³/mol. The minimum absolute atomic E-state index is 0.163. The second kappa shape index (κ2) is 7.12. The van der Waals surface area contributed by atoms with Gasteiger partial charge in [0.15, 0.2) is 0 Å². The summed E-state index contributed by atoms with van der Waals surface area (Å²) in [5.41, 5.74) is 0.896. The minimum Gasteiger partial charge on any atom is -0.341 e. The van der Waals surface area contributed by atoms with Gasteiger partial charge in [-0.1, -0.05) is 43.8 Å². The van der Waals surface area contributed by atoms with Crippen LogP contribution in [-0.2, 0) is 4.79 Å². The molecule has 3 rings (SSSR count). The number of hydrogen-bond donors (Lipinski definition) is 0. The SMILES string of the molecule is C[C@@H]1C[C@@H](C)CN(C(=O)CSc2nnnn2-c2ccccc2)C1. The van der Waals surface area contributed by atoms with Gasteiger partial charge in [0.05, 0.1) is 11.4 Å². The average molecular weight is 331 g/mol. The van der Waals surface area contributed by atoms with Crippen LogP contribution in [0.1, 0.15) is 20.3 Å². The summed E-state index contributed by atoms with van der Waals surface area (Å²) in [6.07, 6.45) is 1.20. The molecule has 0 saturated carbocycles. The second-order valence-electron chi connectivity index (χ2n) is 6.24. The van der Waals surface area contributed by atoms with Crippen LogP contribution in [0.5, 0.6) is 0 Å². The van der Waals surface area contributed by atoms with Gasteiger partial charge in [-0.05, 0) is 40.8 Å². The molecule has 0 aliphatic carbocycles. The number of piperidine rings is 1. The Labute approximate surface area is 140 Å². The standard InChI is InChI=1S/C16H21N5OS/c1-12-8-13(2)10-20(9-12)15(22)11-23-16-17-18-19-21(16)14-6-4-3-5-7-14/h3-7,12-13H,8-11H2,1-2H3/t12-,13-/m1/s1. The number of carbonyl (C=O) groups is 1. The molecule has 1 amide bonds. The summed E-state index contributed by atoms with van der Waals surface area (Å²) in [7, 11) is 0. The maximum atomic E-state index is 12.5. The summed E-state index contributed by atoms with van der Waals surface area (Å²) in [5.74, 6) is 1.67. The van der Waals surface area contributed by atoms with E-state index in [1.807, 2.05) is 35.2 Å². The highest BCUT2D eigenvalue weighted by molar-refractivity contribution is 7.99. The number of nitrogens with zero attached hydrogens (tertiary/aromatic N) is 5. The normalized spacial score (nSPS) is 21.4. The highest BCUT2D eigenvalue weighted by Crippen LogP contribution is 2.23. The Morgan fingerprint density at radius 1 is 1.22 bits per heavy atom. The number of likely N-dealkylation sites (tertiary alicyclic amines) is 1. The van der Waals surface area contributed by atoms with Crippen molar-refractivity contribution in [3.63, 3.8) is 0 Å². The molecular weight excluding hydrogens is 310 g/mol. The lowest BCUT2D eigenvalue weighted by molar-refractivity contribution is -0.130. The second-order valence-corrected chi connectivity index (χ2v) is 7.18. The number of para-hydroxylation sites is 1. The van der Waals surface area contributed by atoms with Crippen LogP contribution < -0.4 is 0 Å². The van der Waals surface area contributed by atoms with E-state index in [2.05, 4.69) is 29.4 Å². The molecule has 1 saturated heterocycles. The van der Waals surface area contributed by atoms with Crippen molar-refractivity contribution in [2.75, 3.05) is 18.8 Å². The summed E-state index contributed by atoms with van der Waals surface area (Å²) >= 11 is 1.39. The fourth-order valence-corrected chi connectivity index (χ4v) is 3.88. The number of benzene rings is 1. The van der Waals surface area contributed by atoms with Crippen LogP contribution in [0.4, 0.5) is 0 Å². The molecule has 0 spiro atoms. The van der Waals surface area contributed by atoms with Gasteiger partial charge in [-0.2, -0.15) is 4.68 Å². The fourth-order valence-electron chi connectivity index (χ4n) is 3.08. The molecule has 0 unspecified atom stereocenters. The summed E-state index contributed by atoms with van der Waals surface area (Å²) < 4.78 is 1.67. The van der Waals surface area contributed by atoms with Crippen molar-refractivity contribution in [2.45, 2.75) is 25.4 Å². The van der Waals surface area contributed by atoms with Crippen molar-refractivity contribution in [3.05, 3.63) is 30.3 Å². The Bertz CT molecular complexity index is 650. The van der Waals surface area contributed by atoms with Gasteiger partial charge < -0.3 is 4.90 Å². The largest absolute Gasteiger partial charge is 0.341 e. The number of carbonyl (C=O) groups excluding carboxylic acids is 1. The Kier molecular flexibility index (Phi) is 4.95. The first-order valence-electron chi connectivity index (χ1n) is 7.88. The Morgan fingerprint density at radius 2 is 1.91 bits per heavy atom. The maximum Gasteiger partial charge on any atom is 0.233 e. The van der Waals surface area contributed by atoms with Crippen molar-refractivity contribution in [1.29, 1.82) is 0 Å². The summed E-state index contributed by atoms with van der Waals surface area (Å²) in [5, 5.41) is 12.4. The summed E-state index contributed by atoms with van der Waals surface area (Å²) in [4.78, 5) is 14.4. The molecule has 2 heterocycles. The summed E-state index contributed by atoms with van der Waals surface area (Å²) in [6.45, 7) is 6.12. The van der Waals surface area contributed by atoms with Crippen LogP contribution >= 0.6 is 11.8 Å². The van der Waals surface area contributed by atoms with Gasteiger partial charge in [-0.15, -0.1) is 5.10 Å². The van der Waals surface area contributed by atoms with Crippen LogP contribution in [0.2, 0.25) is 0 Å². The van der Waals surface area contributed by atoms with Crippen LogP contribution in [0.25, 0.3) is 5.69 Å². The lowest BCUT2D eigenvalue weighted by Crippen LogP contribution is -2.43. The number of thioether (sulfide) groups is 1. The zero-order valence-corrected chi connectivity index (χ0v) is 14.2. The van der Waals surface area contributed by atoms with Crippen molar-refractivity contribution in [3.8, 4) is 5.69 Å². The van der Waals surface area contributed by atoms with Gasteiger partial charge in [0.1, 0.15) is 0 Å². The lowest BCUT2D eigenvalue weighted by Gasteiger charge is -2.34. The van der Waals surface area contributed by atoms with E-state index in [1.54, 1.807) is 4.68 Å². The molecule has 0 radical (unpaired) electrons. The predicted octanol–water partition coefficient (Wildman–Crippen LogP) is 2.26. The third-order valence-electron chi connectivity index (χ3n) is 3.99. The molecule has 122 valence electrons. The molecule has 23 heavy (non-hydrogen) atoms. The summed E-state index contributed by atoms with van der Waals surface area (Å²) in [6, 6.07) is 9.70. The maximum absolute atomic E-state index is 12.5. The van der Waals surface area contributed by atoms with E-state index >= 15 is 0 Å². The first-order chi connectivity index (χ1) is 11.1. The molecular formula is C16H21N5OS. The van der Waals surface area contributed by atoms with Crippen LogP contribution in [0.15, 0.2) is 35.5 Å². The number of hydrogen-bond acceptors (Lipinski definition) is 5. The van der Waals surface area contributed by atoms with Gasteiger partial charge in [-0.25, -0.2) is 0 Å². The molecule has 1 fully saturated rings. The average Bonchev–Trinajstić information content (AvgIpc) is 3.01. The van der Waals surface area contributed by atoms with Crippen molar-refractivity contribution in [1.82, 2.24) is 25.1 Å². The van der Waals surface area contributed by atoms with E-state index in [0.29, 0.717) is 22.7 Å². The van der Waals surface area contributed by atoms with E-state index in [-0.39, 0.29) is 5.91 Å². The van der Waals surface area contributed by atoms with Crippen LogP contribution in [0.3, 0.4) is 0 Å². The molecule has 6 nitrogen and oxygen atoms in total. The Balaban J connectivity index is 1.63. The number of amides is 1. The molecule has 1 aliphatic heterocycles. The molecule has 7 heteroatoms. The topological polar surface area (TPSA) is 63.9 Å². The van der Waals surface area contributed by atoms with Crippen LogP contribution in [-0.4, -0.2) is 49.9 Å². The highest BCUT2D eigenvalue weighted by Gasteiger charge is 2.25. The number of tetrazole rings is 1. The van der Waals surface area contributed by atoms with Crippen LogP contribution in [0, 0.1) is 11.8 Å². The lowest BCUT2D eigenvalue weighted by atomic mass is 9.92. The fraction of sp³-hybridized carbons (Fsp3) is 0.500. The molecule has 1 aromatic carbocycles. The molecule has 0 bridgehead atoms. The Morgan fingerprint density at radius 3 is 2.61 bits per heavy atom. The number of rotatable bonds is 4. The van der Waals surface area contributed by atoms with E-state index in [0.717, 1.165) is 18.8 Å². The van der Waals surface area contributed by atoms with Gasteiger partial charge in [-0.3, -0.25) is 4.79 Å². The molecule has 1 aromatic heterocycles. The smallest absolute Gasteiger partial charge is 0.233 e. The van der Waals surface area contributed by atoms with Gasteiger partial charge >= 0.3 is 0 Å². The van der Waals surface area contributed by atoms with Gasteiger partial charge in [0, 0.05) is 13.1 Å². The third-order valence-corrected chi connectivity index (χ3v) is 4.89. The molecule has 1 aliphatic rings. The van der Waals surface area contributed by atoms with Crippen molar-refractivity contribution >= 4 is 17.7 Å². The quantitative estimate of drug-likeness (QED) is 0.804. The molecule has 2 aromatic rings. The highest BCUT2D eigenvalue weighted by atomic mass is 32.2. The number of aromatic nitrogens is 4. The van der Waals surface area contributed by atoms with Crippen molar-refractivity contribution < 1.29 is 4.79 Å². The third kappa shape index (κ3) is 3.90. The van der Waals surface area contributed by atoms with E-state index in [9.17, 15) is 4.79 Å².